The SMILES string of the molecule is CN(C)c1ncccc1-c1oncc1N. The Balaban J connectivity index is 2.58. The molecule has 78 valence electrons. The van der Waals surface area contributed by atoms with Crippen LogP contribution in [0.3, 0.4) is 0 Å². The van der Waals surface area contributed by atoms with Crippen molar-refractivity contribution in [3.8, 4) is 11.3 Å². The van der Waals surface area contributed by atoms with Gasteiger partial charge in [0.25, 0.3) is 0 Å². The molecule has 0 aliphatic rings. The molecule has 2 heterocycles. The van der Waals surface area contributed by atoms with Crippen LogP contribution < -0.4 is 10.6 Å². The zero-order valence-electron chi connectivity index (χ0n) is 8.64. The fraction of sp³-hybridized carbons (Fsp3) is 0.200. The van der Waals surface area contributed by atoms with Crippen LogP contribution in [0.2, 0.25) is 0 Å². The van der Waals surface area contributed by atoms with E-state index in [1.54, 1.807) is 6.20 Å². The summed E-state index contributed by atoms with van der Waals surface area (Å²) in [6.45, 7) is 0. The number of anilines is 2. The summed E-state index contributed by atoms with van der Waals surface area (Å²) in [4.78, 5) is 6.16. The van der Waals surface area contributed by atoms with Crippen molar-refractivity contribution in [3.63, 3.8) is 0 Å². The predicted molar refractivity (Wildman–Crippen MR) is 58.5 cm³/mol. The molecule has 0 unspecified atom stereocenters. The maximum absolute atomic E-state index is 5.74. The second kappa shape index (κ2) is 3.61. The molecule has 0 aliphatic heterocycles. The molecule has 0 atom stereocenters. The summed E-state index contributed by atoms with van der Waals surface area (Å²) >= 11 is 0. The third-order valence-electron chi connectivity index (χ3n) is 2.05. The molecule has 2 aromatic rings. The molecule has 0 aliphatic carbocycles. The average molecular weight is 204 g/mol. The summed E-state index contributed by atoms with van der Waals surface area (Å²) in [6, 6.07) is 3.74. The van der Waals surface area contributed by atoms with E-state index >= 15 is 0 Å². The van der Waals surface area contributed by atoms with Crippen LogP contribution in [0.25, 0.3) is 11.3 Å². The number of pyridine rings is 1. The smallest absolute Gasteiger partial charge is 0.193 e. The molecule has 0 amide bonds. The normalized spacial score (nSPS) is 10.3. The molecular formula is C10H12N4O. The lowest BCUT2D eigenvalue weighted by atomic mass is 10.2. The van der Waals surface area contributed by atoms with E-state index in [0.29, 0.717) is 11.4 Å². The summed E-state index contributed by atoms with van der Waals surface area (Å²) in [7, 11) is 3.83. The van der Waals surface area contributed by atoms with Crippen LogP contribution in [-0.4, -0.2) is 24.2 Å². The summed E-state index contributed by atoms with van der Waals surface area (Å²) < 4.78 is 5.10. The molecule has 5 heteroatoms. The lowest BCUT2D eigenvalue weighted by molar-refractivity contribution is 0.432. The largest absolute Gasteiger partial charge is 0.394 e. The second-order valence-electron chi connectivity index (χ2n) is 3.38. The van der Waals surface area contributed by atoms with Gasteiger partial charge in [-0.1, -0.05) is 5.16 Å². The Morgan fingerprint density at radius 3 is 2.80 bits per heavy atom. The number of nitrogens with zero attached hydrogens (tertiary/aromatic N) is 3. The van der Waals surface area contributed by atoms with Gasteiger partial charge in [0.2, 0.25) is 0 Å². The fourth-order valence-corrected chi connectivity index (χ4v) is 1.38. The van der Waals surface area contributed by atoms with Gasteiger partial charge in [-0.25, -0.2) is 4.98 Å². The third-order valence-corrected chi connectivity index (χ3v) is 2.05. The molecule has 2 aromatic heterocycles. The van der Waals surface area contributed by atoms with Crippen molar-refractivity contribution < 1.29 is 4.52 Å². The summed E-state index contributed by atoms with van der Waals surface area (Å²) in [5.74, 6) is 1.37. The minimum atomic E-state index is 0.520. The molecule has 0 radical (unpaired) electrons. The van der Waals surface area contributed by atoms with Crippen LogP contribution in [-0.2, 0) is 0 Å². The van der Waals surface area contributed by atoms with Gasteiger partial charge in [0.15, 0.2) is 5.76 Å². The molecule has 0 bridgehead atoms. The van der Waals surface area contributed by atoms with Gasteiger partial charge >= 0.3 is 0 Å². The first-order valence-corrected chi connectivity index (χ1v) is 4.53. The zero-order chi connectivity index (χ0) is 10.8. The average Bonchev–Trinajstić information content (AvgIpc) is 2.64. The highest BCUT2D eigenvalue weighted by atomic mass is 16.5. The van der Waals surface area contributed by atoms with E-state index in [-0.39, 0.29) is 0 Å². The topological polar surface area (TPSA) is 68.2 Å². The molecule has 2 rings (SSSR count). The molecule has 0 spiro atoms. The molecule has 2 N–H and O–H groups in total. The van der Waals surface area contributed by atoms with Gasteiger partial charge in [0, 0.05) is 20.3 Å². The first-order chi connectivity index (χ1) is 7.20. The van der Waals surface area contributed by atoms with Crippen molar-refractivity contribution in [3.05, 3.63) is 24.5 Å². The highest BCUT2D eigenvalue weighted by molar-refractivity contribution is 5.78. The maximum Gasteiger partial charge on any atom is 0.193 e. The zero-order valence-corrected chi connectivity index (χ0v) is 8.64. The molecule has 0 saturated carbocycles. The minimum absolute atomic E-state index is 0.520. The van der Waals surface area contributed by atoms with Crippen LogP contribution in [0, 0.1) is 0 Å². The molecule has 0 fully saturated rings. The van der Waals surface area contributed by atoms with Gasteiger partial charge in [-0.05, 0) is 12.1 Å². The Labute approximate surface area is 87.5 Å². The monoisotopic (exact) mass is 204 g/mol. The van der Waals surface area contributed by atoms with E-state index in [2.05, 4.69) is 10.1 Å². The van der Waals surface area contributed by atoms with E-state index in [1.807, 2.05) is 31.1 Å². The van der Waals surface area contributed by atoms with Crippen molar-refractivity contribution in [2.75, 3.05) is 24.7 Å². The molecular weight excluding hydrogens is 192 g/mol. The van der Waals surface area contributed by atoms with Gasteiger partial charge in [-0.15, -0.1) is 0 Å². The summed E-state index contributed by atoms with van der Waals surface area (Å²) in [5.41, 5.74) is 7.10. The Morgan fingerprint density at radius 2 is 2.20 bits per heavy atom. The lowest BCUT2D eigenvalue weighted by Gasteiger charge is -2.14. The number of hydrogen-bond donors (Lipinski definition) is 1. The Bertz CT molecular complexity index is 464. The van der Waals surface area contributed by atoms with Gasteiger partial charge in [-0.3, -0.25) is 0 Å². The van der Waals surface area contributed by atoms with E-state index in [9.17, 15) is 0 Å². The highest BCUT2D eigenvalue weighted by Gasteiger charge is 2.14. The number of aromatic nitrogens is 2. The lowest BCUT2D eigenvalue weighted by Crippen LogP contribution is -2.11. The molecule has 15 heavy (non-hydrogen) atoms. The highest BCUT2D eigenvalue weighted by Crippen LogP contribution is 2.31. The molecule has 5 nitrogen and oxygen atoms in total. The van der Waals surface area contributed by atoms with Gasteiger partial charge in [-0.2, -0.15) is 0 Å². The predicted octanol–water partition coefficient (Wildman–Crippen LogP) is 1.38. The second-order valence-corrected chi connectivity index (χ2v) is 3.38. The van der Waals surface area contributed by atoms with Crippen molar-refractivity contribution in [2.45, 2.75) is 0 Å². The van der Waals surface area contributed by atoms with Crippen molar-refractivity contribution in [1.82, 2.24) is 10.1 Å². The van der Waals surface area contributed by atoms with Crippen LogP contribution in [0.4, 0.5) is 11.5 Å². The van der Waals surface area contributed by atoms with Gasteiger partial charge in [0.05, 0.1) is 11.8 Å². The summed E-state index contributed by atoms with van der Waals surface area (Å²) in [6.07, 6.45) is 3.22. The Morgan fingerprint density at radius 1 is 1.40 bits per heavy atom. The number of rotatable bonds is 2. The fourth-order valence-electron chi connectivity index (χ4n) is 1.38. The first kappa shape index (κ1) is 9.51. The van der Waals surface area contributed by atoms with Crippen molar-refractivity contribution in [2.24, 2.45) is 0 Å². The van der Waals surface area contributed by atoms with Crippen LogP contribution in [0.15, 0.2) is 29.0 Å². The number of hydrogen-bond acceptors (Lipinski definition) is 5. The maximum atomic E-state index is 5.74. The number of nitrogens with two attached hydrogens (primary N) is 1. The van der Waals surface area contributed by atoms with Crippen LogP contribution in [0.5, 0.6) is 0 Å². The quantitative estimate of drug-likeness (QED) is 0.800. The number of nitrogen functional groups attached to an aromatic ring is 1. The van der Waals surface area contributed by atoms with E-state index in [4.69, 9.17) is 10.3 Å². The van der Waals surface area contributed by atoms with Crippen LogP contribution >= 0.6 is 0 Å². The Hall–Kier alpha value is -2.04. The Kier molecular flexibility index (Phi) is 2.29. The standard InChI is InChI=1S/C10H12N4O/c1-14(2)10-7(4-3-5-12-10)9-8(11)6-13-15-9/h3-6H,11H2,1-2H3. The van der Waals surface area contributed by atoms with Crippen molar-refractivity contribution >= 4 is 11.5 Å². The third kappa shape index (κ3) is 1.63. The first-order valence-electron chi connectivity index (χ1n) is 4.53. The van der Waals surface area contributed by atoms with Crippen LogP contribution in [0.1, 0.15) is 0 Å². The van der Waals surface area contributed by atoms with Gasteiger partial charge < -0.3 is 15.2 Å². The minimum Gasteiger partial charge on any atom is -0.394 e. The van der Waals surface area contributed by atoms with Gasteiger partial charge in [0.1, 0.15) is 11.5 Å². The molecule has 0 aromatic carbocycles. The summed E-state index contributed by atoms with van der Waals surface area (Å²) in [5, 5.41) is 3.65. The molecule has 0 saturated heterocycles. The van der Waals surface area contributed by atoms with E-state index < -0.39 is 0 Å². The van der Waals surface area contributed by atoms with E-state index in [0.717, 1.165) is 11.4 Å². The van der Waals surface area contributed by atoms with E-state index in [1.165, 1.54) is 6.20 Å². The van der Waals surface area contributed by atoms with Crippen molar-refractivity contribution in [1.29, 1.82) is 0 Å².